The second kappa shape index (κ2) is 14.5. The van der Waals surface area contributed by atoms with Crippen LogP contribution in [0, 0.1) is 11.8 Å². The highest BCUT2D eigenvalue weighted by Crippen LogP contribution is 2.41. The number of halogens is 4. The third kappa shape index (κ3) is 8.72. The van der Waals surface area contributed by atoms with E-state index in [0.29, 0.717) is 16.6 Å². The summed E-state index contributed by atoms with van der Waals surface area (Å²) in [6.07, 6.45) is 1.00. The molecular formula is C31H38Cl2F2N6O6. The summed E-state index contributed by atoms with van der Waals surface area (Å²) in [7, 11) is 2.97. The fourth-order valence-corrected chi connectivity index (χ4v) is 5.50. The van der Waals surface area contributed by atoms with Crippen LogP contribution in [0.4, 0.5) is 25.1 Å². The molecule has 16 heteroatoms. The molecule has 1 saturated heterocycles. The first-order valence-electron chi connectivity index (χ1n) is 14.9. The van der Waals surface area contributed by atoms with Crippen molar-refractivity contribution >= 4 is 57.6 Å². The summed E-state index contributed by atoms with van der Waals surface area (Å²) in [4.78, 5) is 46.9. The van der Waals surface area contributed by atoms with Crippen molar-refractivity contribution in [2.75, 3.05) is 38.7 Å². The summed E-state index contributed by atoms with van der Waals surface area (Å²) < 4.78 is 48.9. The highest BCUT2D eigenvalue weighted by Gasteiger charge is 2.50. The molecule has 2 atom stereocenters. The largest absolute Gasteiger partial charge is 0.491 e. The minimum absolute atomic E-state index is 0.0230. The molecule has 256 valence electrons. The maximum atomic E-state index is 15.3. The Bertz CT molecular complexity index is 1700. The molecule has 1 aliphatic heterocycles. The maximum Gasteiger partial charge on any atom is 0.410 e. The summed E-state index contributed by atoms with van der Waals surface area (Å²) in [5.74, 6) is -5.19. The number of ether oxygens (including phenoxy) is 3. The van der Waals surface area contributed by atoms with E-state index in [1.54, 1.807) is 32.9 Å². The number of benzene rings is 1. The van der Waals surface area contributed by atoms with E-state index in [9.17, 15) is 14.4 Å². The zero-order valence-corrected chi connectivity index (χ0v) is 28.5. The lowest BCUT2D eigenvalue weighted by molar-refractivity contribution is -0.145. The molecule has 0 spiro atoms. The number of rotatable bonds is 10. The Hall–Kier alpha value is -3.91. The van der Waals surface area contributed by atoms with Gasteiger partial charge in [-0.2, -0.15) is 4.98 Å². The zero-order valence-electron chi connectivity index (χ0n) is 27.0. The second-order valence-electron chi connectivity index (χ2n) is 12.4. The SMILES string of the molecule is CNC(=O)COc1cc2cc(Nc3nc(Cl)ncc3Cl)cc(OCCC[C@@H]3CN(C(=O)OC(C)(C)C)C[C@H](C)C3(F)F)c2n(C)c1=O. The number of amides is 2. The van der Waals surface area contributed by atoms with E-state index in [2.05, 4.69) is 20.6 Å². The third-order valence-electron chi connectivity index (χ3n) is 7.60. The van der Waals surface area contributed by atoms with Gasteiger partial charge in [-0.05, 0) is 57.3 Å². The molecule has 4 rings (SSSR count). The fourth-order valence-electron chi connectivity index (χ4n) is 5.23. The summed E-state index contributed by atoms with van der Waals surface area (Å²) in [5, 5.41) is 6.13. The predicted octanol–water partition coefficient (Wildman–Crippen LogP) is 5.80. The van der Waals surface area contributed by atoms with Gasteiger partial charge in [0.05, 0.1) is 18.3 Å². The van der Waals surface area contributed by atoms with Crippen molar-refractivity contribution in [3.8, 4) is 11.5 Å². The monoisotopic (exact) mass is 698 g/mol. The number of pyridine rings is 1. The molecule has 2 N–H and O–H groups in total. The van der Waals surface area contributed by atoms with Crippen molar-refractivity contribution in [1.29, 1.82) is 0 Å². The van der Waals surface area contributed by atoms with Gasteiger partial charge >= 0.3 is 6.09 Å². The number of likely N-dealkylation sites (tertiary alicyclic amines) is 1. The number of aryl methyl sites for hydroxylation is 1. The highest BCUT2D eigenvalue weighted by atomic mass is 35.5. The van der Waals surface area contributed by atoms with E-state index in [1.807, 2.05) is 0 Å². The lowest BCUT2D eigenvalue weighted by Crippen LogP contribution is -2.55. The number of carbonyl (C=O) groups excluding carboxylic acids is 2. The zero-order chi connectivity index (χ0) is 34.7. The number of alkyl halides is 2. The van der Waals surface area contributed by atoms with E-state index < -0.39 is 40.9 Å². The predicted molar refractivity (Wildman–Crippen MR) is 174 cm³/mol. The molecule has 47 heavy (non-hydrogen) atoms. The van der Waals surface area contributed by atoms with Crippen molar-refractivity contribution in [2.45, 2.75) is 52.1 Å². The first-order valence-corrected chi connectivity index (χ1v) is 15.7. The highest BCUT2D eigenvalue weighted by molar-refractivity contribution is 6.33. The van der Waals surface area contributed by atoms with Crippen molar-refractivity contribution in [3.05, 3.63) is 45.1 Å². The molecule has 0 bridgehead atoms. The molecule has 1 fully saturated rings. The van der Waals surface area contributed by atoms with Crippen LogP contribution in [0.5, 0.6) is 11.5 Å². The average molecular weight is 700 g/mol. The molecule has 0 aliphatic carbocycles. The average Bonchev–Trinajstić information content (AvgIpc) is 2.98. The summed E-state index contributed by atoms with van der Waals surface area (Å²) in [6.45, 7) is 5.99. The fraction of sp³-hybridized carbons (Fsp3) is 0.516. The van der Waals surface area contributed by atoms with Gasteiger partial charge in [0.25, 0.3) is 17.4 Å². The van der Waals surface area contributed by atoms with Crippen LogP contribution in [0.3, 0.4) is 0 Å². The summed E-state index contributed by atoms with van der Waals surface area (Å²) in [5.41, 5.74) is -0.429. The standard InChI is InChI=1S/C31H38Cl2F2N6O6/c1-17-14-41(29(44)47-30(2,3)4)15-19(31(17,34)35)8-7-9-45-22-12-20(38-26-21(32)13-37-28(33)39-26)10-18-11-23(46-16-24(42)36-5)27(43)40(6)25(18)22/h10-13,17,19H,7-9,14-16H2,1-6H3,(H,36,42)(H,37,38,39)/t17-,19+/m0/s1. The first-order chi connectivity index (χ1) is 22.0. The van der Waals surface area contributed by atoms with Crippen LogP contribution in [0.25, 0.3) is 10.9 Å². The van der Waals surface area contributed by atoms with Gasteiger partial charge in [0, 0.05) is 56.2 Å². The van der Waals surface area contributed by atoms with Gasteiger partial charge < -0.3 is 34.3 Å². The van der Waals surface area contributed by atoms with Crippen LogP contribution in [-0.2, 0) is 16.6 Å². The van der Waals surface area contributed by atoms with Crippen LogP contribution in [0.2, 0.25) is 10.3 Å². The normalized spacial score (nSPS) is 17.7. The minimum Gasteiger partial charge on any atom is -0.491 e. The second-order valence-corrected chi connectivity index (χ2v) is 13.1. The summed E-state index contributed by atoms with van der Waals surface area (Å²) >= 11 is 12.2. The van der Waals surface area contributed by atoms with Crippen molar-refractivity contribution in [3.63, 3.8) is 0 Å². The van der Waals surface area contributed by atoms with Gasteiger partial charge in [0.2, 0.25) is 5.28 Å². The number of aromatic nitrogens is 3. The number of piperidine rings is 1. The van der Waals surface area contributed by atoms with Crippen molar-refractivity contribution in [1.82, 2.24) is 24.8 Å². The first kappa shape index (κ1) is 35.9. The Kier molecular flexibility index (Phi) is 11.1. The molecule has 1 aromatic carbocycles. The Morgan fingerprint density at radius 2 is 1.85 bits per heavy atom. The molecule has 0 unspecified atom stereocenters. The number of nitrogens with one attached hydrogen (secondary N) is 2. The molecule has 2 aromatic heterocycles. The molecule has 3 heterocycles. The Morgan fingerprint density at radius 1 is 1.13 bits per heavy atom. The number of likely N-dealkylation sites (N-methyl/N-ethyl adjacent to an activating group) is 1. The van der Waals surface area contributed by atoms with E-state index >= 15 is 8.78 Å². The number of nitrogens with zero attached hydrogens (tertiary/aromatic N) is 4. The smallest absolute Gasteiger partial charge is 0.410 e. The van der Waals surface area contributed by atoms with E-state index in [0.717, 1.165) is 0 Å². The summed E-state index contributed by atoms with van der Waals surface area (Å²) in [6, 6.07) is 4.78. The third-order valence-corrected chi connectivity index (χ3v) is 8.06. The van der Waals surface area contributed by atoms with Crippen molar-refractivity contribution in [2.24, 2.45) is 18.9 Å². The molecular weight excluding hydrogens is 661 g/mol. The number of hydrogen-bond acceptors (Lipinski definition) is 9. The Morgan fingerprint density at radius 3 is 2.53 bits per heavy atom. The van der Waals surface area contributed by atoms with Gasteiger partial charge in [0.1, 0.15) is 16.4 Å². The lowest BCUT2D eigenvalue weighted by Gasteiger charge is -2.42. The molecule has 0 saturated carbocycles. The Labute approximate surface area is 280 Å². The number of anilines is 2. The number of hydrogen-bond donors (Lipinski definition) is 2. The Balaban J connectivity index is 1.59. The topological polar surface area (TPSA) is 137 Å². The maximum absolute atomic E-state index is 15.3. The molecule has 3 aromatic rings. The quantitative estimate of drug-likeness (QED) is 0.199. The van der Waals surface area contributed by atoms with Gasteiger partial charge in [-0.25, -0.2) is 18.6 Å². The van der Waals surface area contributed by atoms with Crippen LogP contribution in [0.1, 0.15) is 40.5 Å². The van der Waals surface area contributed by atoms with Crippen molar-refractivity contribution < 1.29 is 32.6 Å². The van der Waals surface area contributed by atoms with Crippen LogP contribution < -0.4 is 25.7 Å². The minimum atomic E-state index is -3.00. The van der Waals surface area contributed by atoms with E-state index in [4.69, 9.17) is 37.4 Å². The van der Waals surface area contributed by atoms with Gasteiger partial charge in [-0.3, -0.25) is 9.59 Å². The molecule has 0 radical (unpaired) electrons. The van der Waals surface area contributed by atoms with E-state index in [1.165, 1.54) is 42.7 Å². The molecule has 1 aliphatic rings. The van der Waals surface area contributed by atoms with Crippen LogP contribution >= 0.6 is 23.2 Å². The van der Waals surface area contributed by atoms with Crippen LogP contribution in [0.15, 0.2) is 29.2 Å². The van der Waals surface area contributed by atoms with Crippen LogP contribution in [-0.4, -0.2) is 76.3 Å². The van der Waals surface area contributed by atoms with Gasteiger partial charge in [0.15, 0.2) is 18.2 Å². The van der Waals surface area contributed by atoms with E-state index in [-0.39, 0.29) is 66.8 Å². The van der Waals surface area contributed by atoms with Gasteiger partial charge in [-0.15, -0.1) is 0 Å². The molecule has 2 amide bonds. The lowest BCUT2D eigenvalue weighted by atomic mass is 9.83. The van der Waals surface area contributed by atoms with Gasteiger partial charge in [-0.1, -0.05) is 18.5 Å². The number of fused-ring (bicyclic) bond motifs is 1. The molecule has 12 nitrogen and oxygen atoms in total. The number of carbonyl (C=O) groups is 2.